The second kappa shape index (κ2) is 5.94. The third kappa shape index (κ3) is 2.81. The van der Waals surface area contributed by atoms with Crippen LogP contribution in [0.4, 0.5) is 0 Å². The van der Waals surface area contributed by atoms with Gasteiger partial charge in [-0.3, -0.25) is 0 Å². The van der Waals surface area contributed by atoms with Gasteiger partial charge in [-0.25, -0.2) is 0 Å². The van der Waals surface area contributed by atoms with E-state index < -0.39 is 0 Å². The molecule has 0 amide bonds. The van der Waals surface area contributed by atoms with Crippen molar-refractivity contribution in [3.8, 4) is 5.75 Å². The molecule has 2 rings (SSSR count). The molecule has 1 aromatic carbocycles. The summed E-state index contributed by atoms with van der Waals surface area (Å²) in [6.45, 7) is 5.38. The van der Waals surface area contributed by atoms with E-state index in [-0.39, 0.29) is 0 Å². The summed E-state index contributed by atoms with van der Waals surface area (Å²) in [6.07, 6.45) is 3.73. The third-order valence-electron chi connectivity index (χ3n) is 3.62. The van der Waals surface area contributed by atoms with Crippen LogP contribution in [-0.2, 0) is 0 Å². The molecule has 0 bridgehead atoms. The molecule has 1 fully saturated rings. The predicted molar refractivity (Wildman–Crippen MR) is 76.7 cm³/mol. The molecule has 0 radical (unpaired) electrons. The zero-order valence-electron chi connectivity index (χ0n) is 11.4. The molecule has 0 aliphatic carbocycles. The molecule has 0 aromatic heterocycles. The van der Waals surface area contributed by atoms with Gasteiger partial charge in [-0.2, -0.15) is 0 Å². The fourth-order valence-electron chi connectivity index (χ4n) is 2.68. The lowest BCUT2D eigenvalue weighted by atomic mass is 9.93. The van der Waals surface area contributed by atoms with E-state index in [1.54, 1.807) is 7.11 Å². The zero-order valence-corrected chi connectivity index (χ0v) is 12.2. The van der Waals surface area contributed by atoms with Crippen molar-refractivity contribution in [3.63, 3.8) is 0 Å². The number of ether oxygens (including phenoxy) is 1. The Morgan fingerprint density at radius 1 is 1.33 bits per heavy atom. The topological polar surface area (TPSA) is 21.3 Å². The van der Waals surface area contributed by atoms with E-state index in [0.717, 1.165) is 22.9 Å². The summed E-state index contributed by atoms with van der Waals surface area (Å²) in [6, 6.07) is 4.67. The number of rotatable bonds is 3. The molecule has 1 N–H and O–H groups in total. The second-order valence-electron chi connectivity index (χ2n) is 5.28. The summed E-state index contributed by atoms with van der Waals surface area (Å²) in [7, 11) is 1.72. The highest BCUT2D eigenvalue weighted by Gasteiger charge is 2.19. The summed E-state index contributed by atoms with van der Waals surface area (Å²) in [5.74, 6) is 1.29. The molecule has 1 unspecified atom stereocenters. The maximum Gasteiger partial charge on any atom is 0.124 e. The number of halogens is 1. The largest absolute Gasteiger partial charge is 0.496 e. The van der Waals surface area contributed by atoms with Gasteiger partial charge < -0.3 is 10.1 Å². The van der Waals surface area contributed by atoms with Crippen molar-refractivity contribution >= 4 is 11.6 Å². The lowest BCUT2D eigenvalue weighted by Crippen LogP contribution is -2.26. The zero-order chi connectivity index (χ0) is 13.1. The minimum Gasteiger partial charge on any atom is -0.496 e. The van der Waals surface area contributed by atoms with Crippen LogP contribution in [0.3, 0.4) is 0 Å². The van der Waals surface area contributed by atoms with Gasteiger partial charge in [0, 0.05) is 16.6 Å². The molecule has 2 nitrogen and oxygen atoms in total. The molecule has 0 saturated carbocycles. The fourth-order valence-corrected chi connectivity index (χ4v) is 3.12. The maximum absolute atomic E-state index is 6.42. The van der Waals surface area contributed by atoms with Crippen LogP contribution in [-0.4, -0.2) is 13.7 Å². The van der Waals surface area contributed by atoms with E-state index in [1.165, 1.54) is 24.8 Å². The Kier molecular flexibility index (Phi) is 4.52. The lowest BCUT2D eigenvalue weighted by Gasteiger charge is -2.25. The maximum atomic E-state index is 6.42. The van der Waals surface area contributed by atoms with Crippen LogP contribution >= 0.6 is 11.6 Å². The van der Waals surface area contributed by atoms with Crippen LogP contribution in [0, 0.1) is 0 Å². The Labute approximate surface area is 115 Å². The predicted octanol–water partition coefficient (Wildman–Crippen LogP) is 4.29. The van der Waals surface area contributed by atoms with E-state index in [2.05, 4.69) is 31.3 Å². The van der Waals surface area contributed by atoms with E-state index >= 15 is 0 Å². The molecule has 1 aromatic rings. The van der Waals surface area contributed by atoms with Gasteiger partial charge in [-0.05, 0) is 43.0 Å². The average Bonchev–Trinajstić information content (AvgIpc) is 2.38. The summed E-state index contributed by atoms with van der Waals surface area (Å²) < 4.78 is 5.51. The van der Waals surface area contributed by atoms with Crippen LogP contribution in [0.15, 0.2) is 12.1 Å². The number of methoxy groups -OCH3 is 1. The number of hydrogen-bond acceptors (Lipinski definition) is 2. The van der Waals surface area contributed by atoms with Gasteiger partial charge in [0.15, 0.2) is 0 Å². The van der Waals surface area contributed by atoms with Crippen molar-refractivity contribution in [1.29, 1.82) is 0 Å². The van der Waals surface area contributed by atoms with Gasteiger partial charge >= 0.3 is 0 Å². The van der Waals surface area contributed by atoms with Crippen molar-refractivity contribution in [2.75, 3.05) is 13.7 Å². The molecule has 1 atom stereocenters. The highest BCUT2D eigenvalue weighted by molar-refractivity contribution is 6.31. The van der Waals surface area contributed by atoms with Gasteiger partial charge in [0.25, 0.3) is 0 Å². The number of nitrogens with one attached hydrogen (secondary N) is 1. The minimum absolute atomic E-state index is 0.376. The van der Waals surface area contributed by atoms with Crippen LogP contribution in [0.5, 0.6) is 5.75 Å². The van der Waals surface area contributed by atoms with Crippen LogP contribution < -0.4 is 10.1 Å². The Balaban J connectivity index is 2.35. The lowest BCUT2D eigenvalue weighted by molar-refractivity contribution is 0.396. The number of benzene rings is 1. The molecular weight excluding hydrogens is 246 g/mol. The van der Waals surface area contributed by atoms with E-state index in [1.807, 2.05) is 0 Å². The van der Waals surface area contributed by atoms with Gasteiger partial charge in [-0.1, -0.05) is 31.9 Å². The molecule has 1 aliphatic heterocycles. The Morgan fingerprint density at radius 3 is 2.67 bits per heavy atom. The van der Waals surface area contributed by atoms with E-state index in [0.29, 0.717) is 12.0 Å². The van der Waals surface area contributed by atoms with E-state index in [9.17, 15) is 0 Å². The Morgan fingerprint density at radius 2 is 2.11 bits per heavy atom. The summed E-state index contributed by atoms with van der Waals surface area (Å²) >= 11 is 6.42. The molecule has 0 spiro atoms. The highest BCUT2D eigenvalue weighted by atomic mass is 35.5. The first kappa shape index (κ1) is 13.7. The van der Waals surface area contributed by atoms with Crippen molar-refractivity contribution in [2.24, 2.45) is 0 Å². The van der Waals surface area contributed by atoms with Crippen molar-refractivity contribution in [1.82, 2.24) is 5.32 Å². The third-order valence-corrected chi connectivity index (χ3v) is 3.94. The molecule has 1 saturated heterocycles. The minimum atomic E-state index is 0.376. The fraction of sp³-hybridized carbons (Fsp3) is 0.600. The molecule has 18 heavy (non-hydrogen) atoms. The van der Waals surface area contributed by atoms with E-state index in [4.69, 9.17) is 16.3 Å². The molecule has 1 aliphatic rings. The molecule has 100 valence electrons. The van der Waals surface area contributed by atoms with Gasteiger partial charge in [-0.15, -0.1) is 0 Å². The molecular formula is C15H22ClNO. The first-order chi connectivity index (χ1) is 8.63. The quantitative estimate of drug-likeness (QED) is 0.882. The smallest absolute Gasteiger partial charge is 0.124 e. The SMILES string of the molecule is COc1cc(C2CCCCN2)cc(Cl)c1C(C)C. The Bertz CT molecular complexity index is 411. The van der Waals surface area contributed by atoms with Crippen molar-refractivity contribution in [3.05, 3.63) is 28.3 Å². The van der Waals surface area contributed by atoms with Crippen molar-refractivity contribution in [2.45, 2.75) is 45.1 Å². The average molecular weight is 268 g/mol. The summed E-state index contributed by atoms with van der Waals surface area (Å²) in [4.78, 5) is 0. The number of piperidine rings is 1. The van der Waals surface area contributed by atoms with Gasteiger partial charge in [0.1, 0.15) is 5.75 Å². The second-order valence-corrected chi connectivity index (χ2v) is 5.68. The normalized spacial score (nSPS) is 20.2. The summed E-state index contributed by atoms with van der Waals surface area (Å²) in [5.41, 5.74) is 2.36. The molecule has 3 heteroatoms. The van der Waals surface area contributed by atoms with Crippen LogP contribution in [0.25, 0.3) is 0 Å². The summed E-state index contributed by atoms with van der Waals surface area (Å²) in [5, 5.41) is 4.37. The Hall–Kier alpha value is -0.730. The molecule has 1 heterocycles. The van der Waals surface area contributed by atoms with Crippen LogP contribution in [0.2, 0.25) is 5.02 Å². The number of hydrogen-bond donors (Lipinski definition) is 1. The highest BCUT2D eigenvalue weighted by Crippen LogP contribution is 2.37. The van der Waals surface area contributed by atoms with Crippen LogP contribution in [0.1, 0.15) is 56.2 Å². The standard InChI is InChI=1S/C15H22ClNO/c1-10(2)15-12(16)8-11(9-14(15)18-3)13-6-4-5-7-17-13/h8-10,13,17H,4-7H2,1-3H3. The van der Waals surface area contributed by atoms with Crippen molar-refractivity contribution < 1.29 is 4.74 Å². The van der Waals surface area contributed by atoms with Gasteiger partial charge in [0.05, 0.1) is 7.11 Å². The van der Waals surface area contributed by atoms with Gasteiger partial charge in [0.2, 0.25) is 0 Å². The first-order valence-corrected chi connectivity index (χ1v) is 7.12. The monoisotopic (exact) mass is 267 g/mol. The first-order valence-electron chi connectivity index (χ1n) is 6.74.